The van der Waals surface area contributed by atoms with Crippen molar-refractivity contribution in [1.29, 1.82) is 0 Å². The molecule has 3 N–H and O–H groups in total. The molecule has 0 saturated carbocycles. The summed E-state index contributed by atoms with van der Waals surface area (Å²) in [6.45, 7) is -0.125. The Hall–Kier alpha value is -3.68. The summed E-state index contributed by atoms with van der Waals surface area (Å²) in [5, 5.41) is 7.80. The average molecular weight is 351 g/mol. The lowest BCUT2D eigenvalue weighted by Gasteiger charge is -2.10. The Bertz CT molecular complexity index is 1010. The Morgan fingerprint density at radius 3 is 2.35 bits per heavy atom. The zero-order valence-electron chi connectivity index (χ0n) is 14.0. The van der Waals surface area contributed by atoms with E-state index < -0.39 is 0 Å². The number of nitrogens with zero attached hydrogens (tertiary/aromatic N) is 2. The Labute approximate surface area is 148 Å². The number of benzene rings is 2. The van der Waals surface area contributed by atoms with Gasteiger partial charge in [-0.3, -0.25) is 14.2 Å². The van der Waals surface area contributed by atoms with Crippen LogP contribution in [0.2, 0.25) is 0 Å². The number of carbonyl (C=O) groups excluding carboxylic acids is 2. The number of fused-ring (bicyclic) bond motifs is 1. The molecular weight excluding hydrogens is 334 g/mol. The Morgan fingerprint density at radius 2 is 1.65 bits per heavy atom. The molecule has 1 heterocycles. The van der Waals surface area contributed by atoms with Crippen molar-refractivity contribution in [3.8, 4) is 0 Å². The molecule has 0 atom stereocenters. The monoisotopic (exact) mass is 351 g/mol. The summed E-state index contributed by atoms with van der Waals surface area (Å²) >= 11 is 0. The molecule has 3 amide bonds. The van der Waals surface area contributed by atoms with Crippen LogP contribution in [0.5, 0.6) is 0 Å². The van der Waals surface area contributed by atoms with Crippen LogP contribution in [0.15, 0.2) is 59.5 Å². The lowest BCUT2D eigenvalue weighted by molar-refractivity contribution is -0.116. The fourth-order valence-corrected chi connectivity index (χ4v) is 2.45. The van der Waals surface area contributed by atoms with Gasteiger partial charge in [0.25, 0.3) is 5.56 Å². The van der Waals surface area contributed by atoms with E-state index >= 15 is 0 Å². The summed E-state index contributed by atoms with van der Waals surface area (Å²) in [5.41, 5.74) is 2.05. The van der Waals surface area contributed by atoms with Gasteiger partial charge in [-0.05, 0) is 36.4 Å². The Kier molecular flexibility index (Phi) is 4.93. The van der Waals surface area contributed by atoms with Crippen molar-refractivity contribution in [2.45, 2.75) is 6.54 Å². The van der Waals surface area contributed by atoms with Crippen LogP contribution in [-0.2, 0) is 11.3 Å². The zero-order chi connectivity index (χ0) is 18.5. The minimum absolute atomic E-state index is 0.125. The number of para-hydroxylation sites is 2. The third-order valence-electron chi connectivity index (χ3n) is 3.71. The number of amides is 3. The second-order valence-electron chi connectivity index (χ2n) is 5.50. The first-order valence-electron chi connectivity index (χ1n) is 7.90. The summed E-state index contributed by atoms with van der Waals surface area (Å²) in [6, 6.07) is 13.5. The van der Waals surface area contributed by atoms with Crippen molar-refractivity contribution < 1.29 is 9.59 Å². The molecule has 3 rings (SSSR count). The molecule has 0 unspecified atom stereocenters. The number of anilines is 2. The third-order valence-corrected chi connectivity index (χ3v) is 3.71. The van der Waals surface area contributed by atoms with Crippen LogP contribution in [0.1, 0.15) is 0 Å². The van der Waals surface area contributed by atoms with Crippen LogP contribution >= 0.6 is 0 Å². The van der Waals surface area contributed by atoms with E-state index in [-0.39, 0.29) is 24.0 Å². The van der Waals surface area contributed by atoms with Crippen LogP contribution < -0.4 is 21.5 Å². The lowest BCUT2D eigenvalue weighted by atomic mass is 10.2. The van der Waals surface area contributed by atoms with Crippen molar-refractivity contribution in [3.05, 3.63) is 65.1 Å². The molecule has 0 fully saturated rings. The maximum atomic E-state index is 12.3. The topological polar surface area (TPSA) is 105 Å². The van der Waals surface area contributed by atoms with Gasteiger partial charge in [-0.25, -0.2) is 9.78 Å². The SMILES string of the molecule is CNC(=O)Nc1ccc(NC(=O)Cn2c(=O)cnc3ccccc32)cc1. The Morgan fingerprint density at radius 1 is 1.00 bits per heavy atom. The van der Waals surface area contributed by atoms with Crippen LogP contribution in [0.25, 0.3) is 11.0 Å². The van der Waals surface area contributed by atoms with Gasteiger partial charge in [-0.1, -0.05) is 12.1 Å². The molecule has 0 bridgehead atoms. The summed E-state index contributed by atoms with van der Waals surface area (Å²) < 4.78 is 1.37. The quantitative estimate of drug-likeness (QED) is 0.666. The van der Waals surface area contributed by atoms with Gasteiger partial charge in [0, 0.05) is 18.4 Å². The molecule has 0 radical (unpaired) electrons. The van der Waals surface area contributed by atoms with Crippen molar-refractivity contribution in [1.82, 2.24) is 14.9 Å². The van der Waals surface area contributed by atoms with Crippen molar-refractivity contribution in [2.75, 3.05) is 17.7 Å². The standard InChI is InChI=1S/C18H17N5O3/c1-19-18(26)22-13-8-6-12(7-9-13)21-16(24)11-23-15-5-3-2-4-14(15)20-10-17(23)25/h2-10H,11H2,1H3,(H,21,24)(H2,19,22,26). The molecule has 3 aromatic rings. The molecule has 0 aliphatic carbocycles. The summed E-state index contributed by atoms with van der Waals surface area (Å²) in [7, 11) is 1.52. The van der Waals surface area contributed by atoms with Gasteiger partial charge in [-0.2, -0.15) is 0 Å². The van der Waals surface area contributed by atoms with E-state index in [1.165, 1.54) is 17.8 Å². The van der Waals surface area contributed by atoms with E-state index in [9.17, 15) is 14.4 Å². The maximum absolute atomic E-state index is 12.3. The van der Waals surface area contributed by atoms with E-state index in [1.807, 2.05) is 6.07 Å². The van der Waals surface area contributed by atoms with Crippen molar-refractivity contribution >= 4 is 34.3 Å². The highest BCUT2D eigenvalue weighted by Gasteiger charge is 2.09. The van der Waals surface area contributed by atoms with Gasteiger partial charge in [0.1, 0.15) is 6.54 Å². The van der Waals surface area contributed by atoms with Crippen molar-refractivity contribution in [3.63, 3.8) is 0 Å². The van der Waals surface area contributed by atoms with Gasteiger partial charge < -0.3 is 16.0 Å². The second-order valence-corrected chi connectivity index (χ2v) is 5.50. The molecule has 8 nitrogen and oxygen atoms in total. The van der Waals surface area contributed by atoms with Gasteiger partial charge in [0.15, 0.2) is 0 Å². The summed E-state index contributed by atoms with van der Waals surface area (Å²) in [4.78, 5) is 39.7. The van der Waals surface area contributed by atoms with Crippen LogP contribution in [0.4, 0.5) is 16.2 Å². The number of nitrogens with one attached hydrogen (secondary N) is 3. The third kappa shape index (κ3) is 3.86. The van der Waals surface area contributed by atoms with Crippen LogP contribution in [0, 0.1) is 0 Å². The smallest absolute Gasteiger partial charge is 0.318 e. The highest BCUT2D eigenvalue weighted by molar-refractivity contribution is 5.92. The molecule has 0 aliphatic rings. The van der Waals surface area contributed by atoms with Gasteiger partial charge in [0.2, 0.25) is 5.91 Å². The average Bonchev–Trinajstić information content (AvgIpc) is 2.65. The number of rotatable bonds is 4. The number of carbonyl (C=O) groups is 2. The molecule has 8 heteroatoms. The van der Waals surface area contributed by atoms with Crippen LogP contribution in [-0.4, -0.2) is 28.5 Å². The highest BCUT2D eigenvalue weighted by atomic mass is 16.2. The van der Waals surface area contributed by atoms with Gasteiger partial charge >= 0.3 is 6.03 Å². The summed E-state index contributed by atoms with van der Waals surface area (Å²) in [6.07, 6.45) is 1.20. The normalized spacial score (nSPS) is 10.3. The summed E-state index contributed by atoms with van der Waals surface area (Å²) in [5.74, 6) is -0.338. The molecule has 0 aliphatic heterocycles. The zero-order valence-corrected chi connectivity index (χ0v) is 14.0. The van der Waals surface area contributed by atoms with E-state index in [2.05, 4.69) is 20.9 Å². The first kappa shape index (κ1) is 17.2. The molecule has 0 spiro atoms. The van der Waals surface area contributed by atoms with E-state index in [0.29, 0.717) is 22.4 Å². The maximum Gasteiger partial charge on any atom is 0.318 e. The van der Waals surface area contributed by atoms with Crippen LogP contribution in [0.3, 0.4) is 0 Å². The highest BCUT2D eigenvalue weighted by Crippen LogP contribution is 2.14. The lowest BCUT2D eigenvalue weighted by Crippen LogP contribution is -2.28. The van der Waals surface area contributed by atoms with E-state index in [1.54, 1.807) is 42.5 Å². The Balaban J connectivity index is 1.73. The first-order chi connectivity index (χ1) is 12.6. The minimum atomic E-state index is -0.344. The molecule has 2 aromatic carbocycles. The number of urea groups is 1. The molecule has 132 valence electrons. The van der Waals surface area contributed by atoms with Gasteiger partial charge in [-0.15, -0.1) is 0 Å². The fraction of sp³-hybridized carbons (Fsp3) is 0.111. The fourth-order valence-electron chi connectivity index (χ4n) is 2.45. The van der Waals surface area contributed by atoms with E-state index in [4.69, 9.17) is 0 Å². The van der Waals surface area contributed by atoms with Gasteiger partial charge in [0.05, 0.1) is 17.2 Å². The predicted octanol–water partition coefficient (Wildman–Crippen LogP) is 1.79. The number of aromatic nitrogens is 2. The molecule has 0 saturated heterocycles. The van der Waals surface area contributed by atoms with Crippen molar-refractivity contribution in [2.24, 2.45) is 0 Å². The minimum Gasteiger partial charge on any atom is -0.341 e. The molecule has 1 aromatic heterocycles. The number of hydrogen-bond acceptors (Lipinski definition) is 4. The second kappa shape index (κ2) is 7.47. The molecule has 26 heavy (non-hydrogen) atoms. The van der Waals surface area contributed by atoms with E-state index in [0.717, 1.165) is 0 Å². The molecular formula is C18H17N5O3. The first-order valence-corrected chi connectivity index (χ1v) is 7.90. The largest absolute Gasteiger partial charge is 0.341 e. The number of hydrogen-bond donors (Lipinski definition) is 3. The predicted molar refractivity (Wildman–Crippen MR) is 99.2 cm³/mol.